The molecule has 3 heteroatoms. The van der Waals surface area contributed by atoms with Crippen LogP contribution >= 0.6 is 0 Å². The van der Waals surface area contributed by atoms with Gasteiger partial charge in [0.1, 0.15) is 0 Å². The van der Waals surface area contributed by atoms with Crippen molar-refractivity contribution in [3.05, 3.63) is 17.5 Å². The van der Waals surface area contributed by atoms with Crippen LogP contribution in [0.5, 0.6) is 0 Å². The zero-order valence-electron chi connectivity index (χ0n) is 9.32. The Morgan fingerprint density at radius 3 is 2.86 bits per heavy atom. The Morgan fingerprint density at radius 2 is 2.29 bits per heavy atom. The average Bonchev–Trinajstić information content (AvgIpc) is 2.45. The highest BCUT2D eigenvalue weighted by Crippen LogP contribution is 2.09. The van der Waals surface area contributed by atoms with Gasteiger partial charge in [-0.25, -0.2) is 0 Å². The minimum Gasteiger partial charge on any atom is -0.393 e. The van der Waals surface area contributed by atoms with Crippen molar-refractivity contribution in [1.29, 1.82) is 0 Å². The van der Waals surface area contributed by atoms with E-state index in [0.29, 0.717) is 0 Å². The van der Waals surface area contributed by atoms with Gasteiger partial charge in [-0.2, -0.15) is 5.10 Å². The number of aliphatic hydroxyl groups is 1. The Kier molecular flexibility index (Phi) is 4.14. The van der Waals surface area contributed by atoms with Gasteiger partial charge in [-0.1, -0.05) is 0 Å². The van der Waals surface area contributed by atoms with E-state index >= 15 is 0 Å². The van der Waals surface area contributed by atoms with Crippen LogP contribution in [0, 0.1) is 6.92 Å². The number of hydrogen-bond acceptors (Lipinski definition) is 2. The molecule has 0 aliphatic rings. The molecule has 0 aliphatic heterocycles. The van der Waals surface area contributed by atoms with Crippen molar-refractivity contribution < 1.29 is 5.11 Å². The fourth-order valence-corrected chi connectivity index (χ4v) is 1.65. The lowest BCUT2D eigenvalue weighted by molar-refractivity contribution is 0.181. The van der Waals surface area contributed by atoms with Crippen LogP contribution in [0.1, 0.15) is 38.1 Å². The summed E-state index contributed by atoms with van der Waals surface area (Å²) in [5, 5.41) is 13.5. The first kappa shape index (κ1) is 11.2. The molecule has 1 aromatic rings. The van der Waals surface area contributed by atoms with Crippen molar-refractivity contribution in [1.82, 2.24) is 9.78 Å². The summed E-state index contributed by atoms with van der Waals surface area (Å²) in [4.78, 5) is 0. The number of aliphatic hydroxyl groups excluding tert-OH is 1. The molecule has 0 saturated heterocycles. The minimum absolute atomic E-state index is 0.186. The van der Waals surface area contributed by atoms with Crippen LogP contribution in [-0.2, 0) is 13.0 Å². The van der Waals surface area contributed by atoms with Gasteiger partial charge < -0.3 is 5.11 Å². The Bertz CT molecular complexity index is 279. The molecule has 3 nitrogen and oxygen atoms in total. The molecular formula is C11H20N2O. The van der Waals surface area contributed by atoms with Gasteiger partial charge in [-0.05, 0) is 46.1 Å². The van der Waals surface area contributed by atoms with Crippen molar-refractivity contribution in [3.8, 4) is 0 Å². The van der Waals surface area contributed by atoms with E-state index in [4.69, 9.17) is 5.11 Å². The second kappa shape index (κ2) is 5.15. The van der Waals surface area contributed by atoms with E-state index in [1.54, 1.807) is 0 Å². The number of aryl methyl sites for hydroxylation is 3. The lowest BCUT2D eigenvalue weighted by Crippen LogP contribution is -2.05. The minimum atomic E-state index is -0.186. The van der Waals surface area contributed by atoms with Crippen LogP contribution in [-0.4, -0.2) is 21.0 Å². The molecule has 1 N–H and O–H groups in total. The zero-order valence-corrected chi connectivity index (χ0v) is 9.32. The highest BCUT2D eigenvalue weighted by atomic mass is 16.3. The molecule has 0 aromatic carbocycles. The van der Waals surface area contributed by atoms with E-state index in [-0.39, 0.29) is 6.10 Å². The molecule has 0 bridgehead atoms. The summed E-state index contributed by atoms with van der Waals surface area (Å²) >= 11 is 0. The number of rotatable bonds is 5. The summed E-state index contributed by atoms with van der Waals surface area (Å²) < 4.78 is 2.04. The molecule has 1 heterocycles. The highest BCUT2D eigenvalue weighted by molar-refractivity contribution is 5.08. The lowest BCUT2D eigenvalue weighted by Gasteiger charge is -2.05. The molecule has 1 rings (SSSR count). The molecule has 0 spiro atoms. The second-order valence-corrected chi connectivity index (χ2v) is 3.83. The maximum Gasteiger partial charge on any atom is 0.0596 e. The number of hydrogen-bond donors (Lipinski definition) is 1. The SMILES string of the molecule is CCn1nc(C)cc1CCCC(C)O. The maximum absolute atomic E-state index is 9.14. The number of aromatic nitrogens is 2. The monoisotopic (exact) mass is 196 g/mol. The van der Waals surface area contributed by atoms with Crippen LogP contribution in [0.15, 0.2) is 6.07 Å². The van der Waals surface area contributed by atoms with Gasteiger partial charge in [0.25, 0.3) is 0 Å². The standard InChI is InChI=1S/C11H20N2O/c1-4-13-11(8-9(2)12-13)7-5-6-10(3)14/h8,10,14H,4-7H2,1-3H3. The molecule has 1 unspecified atom stereocenters. The predicted molar refractivity (Wildman–Crippen MR) is 57.3 cm³/mol. The van der Waals surface area contributed by atoms with Crippen LogP contribution in [0.4, 0.5) is 0 Å². The topological polar surface area (TPSA) is 38.0 Å². The Morgan fingerprint density at radius 1 is 1.57 bits per heavy atom. The average molecular weight is 196 g/mol. The summed E-state index contributed by atoms with van der Waals surface area (Å²) in [5.41, 5.74) is 2.37. The summed E-state index contributed by atoms with van der Waals surface area (Å²) in [6, 6.07) is 2.13. The van der Waals surface area contributed by atoms with Gasteiger partial charge >= 0.3 is 0 Å². The largest absolute Gasteiger partial charge is 0.393 e. The summed E-state index contributed by atoms with van der Waals surface area (Å²) in [7, 11) is 0. The lowest BCUT2D eigenvalue weighted by atomic mass is 10.1. The molecule has 0 saturated carbocycles. The fraction of sp³-hybridized carbons (Fsp3) is 0.727. The third kappa shape index (κ3) is 3.14. The van der Waals surface area contributed by atoms with Gasteiger partial charge in [0, 0.05) is 12.2 Å². The summed E-state index contributed by atoms with van der Waals surface area (Å²) in [5.74, 6) is 0. The van der Waals surface area contributed by atoms with Gasteiger partial charge in [0.15, 0.2) is 0 Å². The molecule has 14 heavy (non-hydrogen) atoms. The van der Waals surface area contributed by atoms with Crippen molar-refractivity contribution in [2.75, 3.05) is 0 Å². The molecule has 0 radical (unpaired) electrons. The van der Waals surface area contributed by atoms with Crippen LogP contribution < -0.4 is 0 Å². The van der Waals surface area contributed by atoms with E-state index in [1.165, 1.54) is 5.69 Å². The molecule has 0 fully saturated rings. The van der Waals surface area contributed by atoms with Gasteiger partial charge in [-0.15, -0.1) is 0 Å². The molecular weight excluding hydrogens is 176 g/mol. The van der Waals surface area contributed by atoms with Crippen molar-refractivity contribution in [2.45, 2.75) is 52.7 Å². The van der Waals surface area contributed by atoms with Crippen molar-refractivity contribution in [3.63, 3.8) is 0 Å². The van der Waals surface area contributed by atoms with E-state index in [1.807, 2.05) is 18.5 Å². The van der Waals surface area contributed by atoms with E-state index < -0.39 is 0 Å². The second-order valence-electron chi connectivity index (χ2n) is 3.83. The fourth-order valence-electron chi connectivity index (χ4n) is 1.65. The van der Waals surface area contributed by atoms with Gasteiger partial charge in [-0.3, -0.25) is 4.68 Å². The Hall–Kier alpha value is -0.830. The highest BCUT2D eigenvalue weighted by Gasteiger charge is 2.04. The first-order valence-corrected chi connectivity index (χ1v) is 5.35. The molecule has 1 aromatic heterocycles. The zero-order chi connectivity index (χ0) is 10.6. The first-order valence-electron chi connectivity index (χ1n) is 5.35. The molecule has 0 aliphatic carbocycles. The third-order valence-electron chi connectivity index (χ3n) is 2.34. The van der Waals surface area contributed by atoms with Crippen molar-refractivity contribution >= 4 is 0 Å². The van der Waals surface area contributed by atoms with E-state index in [9.17, 15) is 0 Å². The van der Waals surface area contributed by atoms with Crippen LogP contribution in [0.2, 0.25) is 0 Å². The Labute approximate surface area is 85.8 Å². The Balaban J connectivity index is 2.48. The predicted octanol–water partition coefficient (Wildman–Crippen LogP) is 1.91. The summed E-state index contributed by atoms with van der Waals surface area (Å²) in [6.45, 7) is 6.88. The smallest absolute Gasteiger partial charge is 0.0596 e. The molecule has 0 amide bonds. The molecule has 80 valence electrons. The van der Waals surface area contributed by atoms with E-state index in [2.05, 4.69) is 18.1 Å². The first-order chi connectivity index (χ1) is 6.63. The van der Waals surface area contributed by atoms with E-state index in [0.717, 1.165) is 31.5 Å². The van der Waals surface area contributed by atoms with Gasteiger partial charge in [0.2, 0.25) is 0 Å². The molecule has 1 atom stereocenters. The third-order valence-corrected chi connectivity index (χ3v) is 2.34. The van der Waals surface area contributed by atoms with Gasteiger partial charge in [0.05, 0.1) is 11.8 Å². The van der Waals surface area contributed by atoms with Crippen molar-refractivity contribution in [2.24, 2.45) is 0 Å². The number of nitrogens with zero attached hydrogens (tertiary/aromatic N) is 2. The quantitative estimate of drug-likeness (QED) is 0.781. The van der Waals surface area contributed by atoms with Crippen LogP contribution in [0.3, 0.4) is 0 Å². The normalized spacial score (nSPS) is 13.1. The van der Waals surface area contributed by atoms with Crippen LogP contribution in [0.25, 0.3) is 0 Å². The maximum atomic E-state index is 9.14. The summed E-state index contributed by atoms with van der Waals surface area (Å²) in [6.07, 6.45) is 2.73.